The van der Waals surface area contributed by atoms with Crippen molar-refractivity contribution in [1.82, 2.24) is 25.1 Å². The first-order chi connectivity index (χ1) is 11.3. The van der Waals surface area contributed by atoms with Crippen molar-refractivity contribution < 1.29 is 13.2 Å². The third kappa shape index (κ3) is 3.62. The van der Waals surface area contributed by atoms with Crippen LogP contribution in [0.15, 0.2) is 12.4 Å². The zero-order valence-corrected chi connectivity index (χ0v) is 13.6. The Labute approximate surface area is 141 Å². The highest BCUT2D eigenvalue weighted by atomic mass is 35.5. The number of anilines is 2. The van der Waals surface area contributed by atoms with Crippen molar-refractivity contribution >= 4 is 23.2 Å². The number of piperidine rings is 1. The summed E-state index contributed by atoms with van der Waals surface area (Å²) in [5.41, 5.74) is 0.300. The van der Waals surface area contributed by atoms with Crippen LogP contribution in [0.4, 0.5) is 24.8 Å². The van der Waals surface area contributed by atoms with Gasteiger partial charge in [0.25, 0.3) is 0 Å². The van der Waals surface area contributed by atoms with Gasteiger partial charge in [0.15, 0.2) is 0 Å². The molecule has 130 valence electrons. The maximum atomic E-state index is 12.7. The van der Waals surface area contributed by atoms with Crippen LogP contribution in [0.1, 0.15) is 30.1 Å². The quantitative estimate of drug-likeness (QED) is 0.822. The molecule has 2 N–H and O–H groups in total. The molecule has 0 atom stereocenters. The summed E-state index contributed by atoms with van der Waals surface area (Å²) in [5, 5.41) is 10.00. The standard InChI is InChI=1S/C14H16ClF3N6/c1-8-11(7-24(23-8)9-2-4-19-5-3-9)21-13-20-6-10(12(15)22-13)14(16,17)18/h6-7,9,19H,2-5H2,1H3,(H,20,21,22). The Bertz CT molecular complexity index is 724. The zero-order valence-electron chi connectivity index (χ0n) is 12.9. The van der Waals surface area contributed by atoms with Gasteiger partial charge in [-0.1, -0.05) is 11.6 Å². The summed E-state index contributed by atoms with van der Waals surface area (Å²) in [7, 11) is 0. The SMILES string of the molecule is Cc1nn(C2CCNCC2)cc1Nc1ncc(C(F)(F)F)c(Cl)n1. The van der Waals surface area contributed by atoms with Gasteiger partial charge in [0, 0.05) is 12.4 Å². The first-order valence-corrected chi connectivity index (χ1v) is 7.85. The van der Waals surface area contributed by atoms with E-state index < -0.39 is 16.9 Å². The van der Waals surface area contributed by atoms with E-state index in [-0.39, 0.29) is 5.95 Å². The van der Waals surface area contributed by atoms with Crippen molar-refractivity contribution in [1.29, 1.82) is 0 Å². The number of hydrogen-bond acceptors (Lipinski definition) is 5. The van der Waals surface area contributed by atoms with Crippen molar-refractivity contribution in [3.63, 3.8) is 0 Å². The molecule has 0 saturated carbocycles. The van der Waals surface area contributed by atoms with Crippen LogP contribution in [0.2, 0.25) is 5.15 Å². The van der Waals surface area contributed by atoms with Gasteiger partial charge in [-0.2, -0.15) is 18.3 Å². The molecule has 0 spiro atoms. The van der Waals surface area contributed by atoms with Gasteiger partial charge in [0.05, 0.1) is 17.4 Å². The summed E-state index contributed by atoms with van der Waals surface area (Å²) in [4.78, 5) is 7.36. The average Bonchev–Trinajstić information content (AvgIpc) is 2.88. The van der Waals surface area contributed by atoms with E-state index in [1.807, 2.05) is 17.8 Å². The first kappa shape index (κ1) is 17.0. The molecule has 0 aliphatic carbocycles. The lowest BCUT2D eigenvalue weighted by atomic mass is 10.1. The molecule has 1 saturated heterocycles. The van der Waals surface area contributed by atoms with Gasteiger partial charge in [-0.3, -0.25) is 4.68 Å². The Balaban J connectivity index is 1.79. The predicted octanol–water partition coefficient (Wildman–Crippen LogP) is 3.32. The van der Waals surface area contributed by atoms with Gasteiger partial charge in [-0.05, 0) is 32.9 Å². The second-order valence-corrected chi connectivity index (χ2v) is 5.97. The second kappa shape index (κ2) is 6.56. The van der Waals surface area contributed by atoms with E-state index in [1.54, 1.807) is 0 Å². The molecule has 10 heteroatoms. The molecule has 2 aromatic heterocycles. The number of halogens is 4. The van der Waals surface area contributed by atoms with E-state index in [0.717, 1.165) is 25.9 Å². The summed E-state index contributed by atoms with van der Waals surface area (Å²) in [5.74, 6) is 0.000890. The number of hydrogen-bond donors (Lipinski definition) is 2. The summed E-state index contributed by atoms with van der Waals surface area (Å²) >= 11 is 5.61. The van der Waals surface area contributed by atoms with E-state index in [9.17, 15) is 13.2 Å². The van der Waals surface area contributed by atoms with Crippen molar-refractivity contribution in [2.24, 2.45) is 0 Å². The monoisotopic (exact) mass is 360 g/mol. The highest BCUT2D eigenvalue weighted by molar-refractivity contribution is 6.30. The Kier molecular flexibility index (Phi) is 4.64. The Morgan fingerprint density at radius 3 is 2.67 bits per heavy atom. The van der Waals surface area contributed by atoms with E-state index in [1.165, 1.54) is 0 Å². The van der Waals surface area contributed by atoms with Gasteiger partial charge < -0.3 is 10.6 Å². The summed E-state index contributed by atoms with van der Waals surface area (Å²) < 4.78 is 39.9. The fraction of sp³-hybridized carbons (Fsp3) is 0.500. The van der Waals surface area contributed by atoms with Crippen molar-refractivity contribution in [2.45, 2.75) is 32.0 Å². The van der Waals surface area contributed by atoms with Crippen LogP contribution in [-0.4, -0.2) is 32.8 Å². The normalized spacial score (nSPS) is 16.4. The van der Waals surface area contributed by atoms with Gasteiger partial charge in [0.2, 0.25) is 5.95 Å². The highest BCUT2D eigenvalue weighted by Crippen LogP contribution is 2.33. The lowest BCUT2D eigenvalue weighted by molar-refractivity contribution is -0.137. The van der Waals surface area contributed by atoms with Gasteiger partial charge in [-0.15, -0.1) is 0 Å². The lowest BCUT2D eigenvalue weighted by Crippen LogP contribution is -2.29. The molecular weight excluding hydrogens is 345 g/mol. The number of nitrogens with zero attached hydrogens (tertiary/aromatic N) is 4. The fourth-order valence-electron chi connectivity index (χ4n) is 2.59. The Morgan fingerprint density at radius 2 is 2.04 bits per heavy atom. The molecule has 0 amide bonds. The van der Waals surface area contributed by atoms with E-state index >= 15 is 0 Å². The van der Waals surface area contributed by atoms with Crippen LogP contribution < -0.4 is 10.6 Å². The number of aromatic nitrogens is 4. The molecule has 1 fully saturated rings. The number of nitrogens with one attached hydrogen (secondary N) is 2. The van der Waals surface area contributed by atoms with Crippen molar-refractivity contribution in [3.8, 4) is 0 Å². The van der Waals surface area contributed by atoms with Gasteiger partial charge in [0.1, 0.15) is 10.7 Å². The van der Waals surface area contributed by atoms with Crippen LogP contribution in [0.25, 0.3) is 0 Å². The van der Waals surface area contributed by atoms with E-state index in [0.29, 0.717) is 23.6 Å². The second-order valence-electron chi connectivity index (χ2n) is 5.61. The molecule has 0 unspecified atom stereocenters. The van der Waals surface area contributed by atoms with Crippen LogP contribution in [0, 0.1) is 6.92 Å². The van der Waals surface area contributed by atoms with Crippen LogP contribution in [0.5, 0.6) is 0 Å². The third-order valence-electron chi connectivity index (χ3n) is 3.89. The van der Waals surface area contributed by atoms with Crippen LogP contribution in [-0.2, 0) is 6.18 Å². The Morgan fingerprint density at radius 1 is 1.33 bits per heavy atom. The van der Waals surface area contributed by atoms with Crippen molar-refractivity contribution in [2.75, 3.05) is 18.4 Å². The maximum Gasteiger partial charge on any atom is 0.420 e. The zero-order chi connectivity index (χ0) is 17.3. The van der Waals surface area contributed by atoms with Crippen LogP contribution in [0.3, 0.4) is 0 Å². The minimum Gasteiger partial charge on any atom is -0.321 e. The third-order valence-corrected chi connectivity index (χ3v) is 4.18. The van der Waals surface area contributed by atoms with Crippen molar-refractivity contribution in [3.05, 3.63) is 28.8 Å². The minimum absolute atomic E-state index is 0.000890. The summed E-state index contributed by atoms with van der Waals surface area (Å²) in [6.45, 7) is 3.68. The molecule has 0 aromatic carbocycles. The molecule has 6 nitrogen and oxygen atoms in total. The van der Waals surface area contributed by atoms with E-state index in [2.05, 4.69) is 25.7 Å². The Hall–Kier alpha value is -1.87. The molecular formula is C14H16ClF3N6. The summed E-state index contributed by atoms with van der Waals surface area (Å²) in [6, 6.07) is 0.303. The van der Waals surface area contributed by atoms with Gasteiger partial charge in [-0.25, -0.2) is 9.97 Å². The lowest BCUT2D eigenvalue weighted by Gasteiger charge is -2.22. The molecule has 3 heterocycles. The number of rotatable bonds is 3. The summed E-state index contributed by atoms with van der Waals surface area (Å²) in [6.07, 6.45) is -0.137. The topological polar surface area (TPSA) is 67.7 Å². The molecule has 1 aliphatic rings. The van der Waals surface area contributed by atoms with E-state index in [4.69, 9.17) is 11.6 Å². The molecule has 2 aromatic rings. The number of aryl methyl sites for hydroxylation is 1. The molecule has 24 heavy (non-hydrogen) atoms. The number of alkyl halides is 3. The predicted molar refractivity (Wildman–Crippen MR) is 83.4 cm³/mol. The molecule has 0 radical (unpaired) electrons. The first-order valence-electron chi connectivity index (χ1n) is 7.48. The molecule has 1 aliphatic heterocycles. The molecule has 0 bridgehead atoms. The van der Waals surface area contributed by atoms with Crippen LogP contribution >= 0.6 is 11.6 Å². The maximum absolute atomic E-state index is 12.7. The largest absolute Gasteiger partial charge is 0.420 e. The average molecular weight is 361 g/mol. The highest BCUT2D eigenvalue weighted by Gasteiger charge is 2.34. The van der Waals surface area contributed by atoms with Gasteiger partial charge >= 0.3 is 6.18 Å². The fourth-order valence-corrected chi connectivity index (χ4v) is 2.83. The smallest absolute Gasteiger partial charge is 0.321 e. The minimum atomic E-state index is -4.58. The molecule has 3 rings (SSSR count).